The Morgan fingerprint density at radius 1 is 1.33 bits per heavy atom. The Morgan fingerprint density at radius 3 is 2.22 bits per heavy atom. The molecular weight excluding hydrogens is 265 g/mol. The van der Waals surface area contributed by atoms with E-state index in [1.165, 1.54) is 0 Å². The summed E-state index contributed by atoms with van der Waals surface area (Å²) in [6.45, 7) is -0.166. The van der Waals surface area contributed by atoms with Crippen molar-refractivity contribution in [1.29, 1.82) is 0 Å². The van der Waals surface area contributed by atoms with E-state index in [0.29, 0.717) is 12.8 Å². The molecule has 2 fully saturated rings. The molecule has 18 heavy (non-hydrogen) atoms. The number of fused-ring (bicyclic) bond motifs is 2. The molecule has 3 nitrogen and oxygen atoms in total. The van der Waals surface area contributed by atoms with E-state index in [0.717, 1.165) is 12.8 Å². The van der Waals surface area contributed by atoms with E-state index in [1.807, 2.05) is 4.90 Å². The predicted octanol–water partition coefficient (Wildman–Crippen LogP) is 1.44. The molecule has 2 aliphatic heterocycles. The van der Waals surface area contributed by atoms with E-state index in [2.05, 4.69) is 12.2 Å². The molecule has 2 heterocycles. The van der Waals surface area contributed by atoms with Crippen LogP contribution in [0.2, 0.25) is 0 Å². The van der Waals surface area contributed by atoms with Crippen molar-refractivity contribution in [2.24, 2.45) is 11.7 Å². The summed E-state index contributed by atoms with van der Waals surface area (Å²) in [5.74, 6) is -1.74. The van der Waals surface area contributed by atoms with Gasteiger partial charge < -0.3 is 10.8 Å². The number of nitrogens with zero attached hydrogens (tertiary/aromatic N) is 1. The molecule has 0 aromatic rings. The molecule has 2 bridgehead atoms. The van der Waals surface area contributed by atoms with E-state index in [1.54, 1.807) is 0 Å². The minimum atomic E-state index is -4.39. The number of hydrogen-bond acceptors (Lipinski definition) is 3. The lowest BCUT2D eigenvalue weighted by molar-refractivity contribution is -0.162. The molecule has 2 saturated heterocycles. The lowest BCUT2D eigenvalue weighted by atomic mass is 9.97. The second-order valence-corrected chi connectivity index (χ2v) is 5.67. The summed E-state index contributed by atoms with van der Waals surface area (Å²) in [7, 11) is 0. The zero-order valence-electron chi connectivity index (χ0n) is 9.86. The summed E-state index contributed by atoms with van der Waals surface area (Å²) in [6, 6.07) is 0.0795. The van der Waals surface area contributed by atoms with Crippen LogP contribution < -0.4 is 5.73 Å². The molecule has 0 amide bonds. The van der Waals surface area contributed by atoms with Crippen LogP contribution in [0.4, 0.5) is 13.2 Å². The molecule has 0 radical (unpaired) electrons. The first kappa shape index (κ1) is 14.0. The average Bonchev–Trinajstić information content (AvgIpc) is 2.43. The number of piperidine rings is 1. The van der Waals surface area contributed by atoms with Crippen LogP contribution in [0.3, 0.4) is 0 Å². The van der Waals surface area contributed by atoms with Gasteiger partial charge in [-0.05, 0) is 25.7 Å². The number of hydrogen-bond donors (Lipinski definition) is 2. The van der Waals surface area contributed by atoms with Crippen molar-refractivity contribution in [3.63, 3.8) is 0 Å². The van der Waals surface area contributed by atoms with Gasteiger partial charge in [-0.25, -0.2) is 0 Å². The van der Waals surface area contributed by atoms with Gasteiger partial charge in [0, 0.05) is 18.6 Å². The summed E-state index contributed by atoms with van der Waals surface area (Å²) in [6.07, 6.45) is -1.96. The Labute approximate surface area is 109 Å². The number of aliphatic hydroxyl groups is 1. The van der Waals surface area contributed by atoms with Gasteiger partial charge in [-0.3, -0.25) is 4.90 Å². The smallest absolute Gasteiger partial charge is 0.393 e. The quantitative estimate of drug-likeness (QED) is 0.769. The van der Waals surface area contributed by atoms with Gasteiger partial charge in [-0.2, -0.15) is 13.2 Å². The Bertz CT molecular complexity index is 323. The van der Waals surface area contributed by atoms with Gasteiger partial charge in [0.1, 0.15) is 5.92 Å². The molecule has 0 spiro atoms. The standard InChI is InChI=1S/C11H17F3N2OS/c12-11(13,14)9(10(15)18)5-16-6-1-2-7(16)4-8(17)3-6/h6-9,17H,1-5H2,(H2,15,18). The first-order valence-electron chi connectivity index (χ1n) is 6.09. The van der Waals surface area contributed by atoms with Crippen molar-refractivity contribution >= 4 is 17.2 Å². The minimum Gasteiger partial charge on any atom is -0.393 e. The highest BCUT2D eigenvalue weighted by Crippen LogP contribution is 2.38. The van der Waals surface area contributed by atoms with Crippen LogP contribution in [-0.4, -0.2) is 45.9 Å². The SMILES string of the molecule is NC(=S)C(CN1C2CCC1CC(O)C2)C(F)(F)F. The molecule has 0 aromatic heterocycles. The van der Waals surface area contributed by atoms with Crippen molar-refractivity contribution in [1.82, 2.24) is 4.90 Å². The molecule has 3 N–H and O–H groups in total. The number of thiocarbonyl (C=S) groups is 1. The molecule has 0 aliphatic carbocycles. The molecule has 0 aromatic carbocycles. The summed E-state index contributed by atoms with van der Waals surface area (Å²) < 4.78 is 38.5. The van der Waals surface area contributed by atoms with Crippen molar-refractivity contribution in [2.75, 3.05) is 6.54 Å². The number of nitrogens with two attached hydrogens (primary N) is 1. The second-order valence-electron chi connectivity index (χ2n) is 5.20. The maximum absolute atomic E-state index is 12.8. The number of aliphatic hydroxyl groups excluding tert-OH is 1. The predicted molar refractivity (Wildman–Crippen MR) is 65.1 cm³/mol. The Morgan fingerprint density at radius 2 is 1.83 bits per heavy atom. The fraction of sp³-hybridized carbons (Fsp3) is 0.909. The summed E-state index contributed by atoms with van der Waals surface area (Å²) in [4.78, 5) is 1.34. The monoisotopic (exact) mass is 282 g/mol. The molecular formula is C11H17F3N2OS. The average molecular weight is 282 g/mol. The Balaban J connectivity index is 2.07. The largest absolute Gasteiger partial charge is 0.399 e. The third-order valence-corrected chi connectivity index (χ3v) is 4.28. The van der Waals surface area contributed by atoms with Crippen LogP contribution in [0, 0.1) is 5.92 Å². The van der Waals surface area contributed by atoms with Crippen molar-refractivity contribution < 1.29 is 18.3 Å². The topological polar surface area (TPSA) is 49.5 Å². The summed E-state index contributed by atoms with van der Waals surface area (Å²) >= 11 is 4.54. The molecule has 7 heteroatoms. The number of alkyl halides is 3. The van der Waals surface area contributed by atoms with Crippen LogP contribution in [0.5, 0.6) is 0 Å². The van der Waals surface area contributed by atoms with Gasteiger partial charge in [0.05, 0.1) is 11.1 Å². The van der Waals surface area contributed by atoms with Gasteiger partial charge in [-0.15, -0.1) is 0 Å². The molecule has 0 saturated carbocycles. The van der Waals surface area contributed by atoms with Crippen LogP contribution in [0.15, 0.2) is 0 Å². The molecule has 3 atom stereocenters. The summed E-state index contributed by atoms with van der Waals surface area (Å²) in [5, 5.41) is 9.61. The highest BCUT2D eigenvalue weighted by molar-refractivity contribution is 7.80. The van der Waals surface area contributed by atoms with Gasteiger partial charge >= 0.3 is 6.18 Å². The van der Waals surface area contributed by atoms with Gasteiger partial charge in [0.2, 0.25) is 0 Å². The summed E-state index contributed by atoms with van der Waals surface area (Å²) in [5.41, 5.74) is 5.21. The second kappa shape index (κ2) is 4.94. The van der Waals surface area contributed by atoms with Crippen molar-refractivity contribution in [2.45, 2.75) is 50.0 Å². The number of halogens is 3. The normalized spacial score (nSPS) is 34.6. The van der Waals surface area contributed by atoms with Gasteiger partial charge in [0.15, 0.2) is 0 Å². The fourth-order valence-electron chi connectivity index (χ4n) is 3.11. The Hall–Kier alpha value is -0.400. The Kier molecular flexibility index (Phi) is 3.85. The zero-order valence-corrected chi connectivity index (χ0v) is 10.7. The van der Waals surface area contributed by atoms with E-state index >= 15 is 0 Å². The fourth-order valence-corrected chi connectivity index (χ4v) is 3.32. The molecule has 3 unspecified atom stereocenters. The minimum absolute atomic E-state index is 0.0398. The van der Waals surface area contributed by atoms with Crippen LogP contribution in [-0.2, 0) is 0 Å². The van der Waals surface area contributed by atoms with Crippen LogP contribution >= 0.6 is 12.2 Å². The lowest BCUT2D eigenvalue weighted by Crippen LogP contribution is -2.51. The van der Waals surface area contributed by atoms with E-state index in [-0.39, 0.29) is 24.7 Å². The molecule has 2 aliphatic rings. The lowest BCUT2D eigenvalue weighted by Gasteiger charge is -2.39. The third kappa shape index (κ3) is 2.78. The number of rotatable bonds is 3. The first-order valence-corrected chi connectivity index (χ1v) is 6.49. The van der Waals surface area contributed by atoms with E-state index < -0.39 is 17.1 Å². The highest BCUT2D eigenvalue weighted by Gasteiger charge is 2.47. The van der Waals surface area contributed by atoms with Crippen molar-refractivity contribution in [3.05, 3.63) is 0 Å². The molecule has 2 rings (SSSR count). The zero-order chi connectivity index (χ0) is 13.5. The molecule has 104 valence electrons. The first-order chi connectivity index (χ1) is 8.29. The maximum atomic E-state index is 12.8. The van der Waals surface area contributed by atoms with E-state index in [4.69, 9.17) is 5.73 Å². The van der Waals surface area contributed by atoms with Crippen LogP contribution in [0.25, 0.3) is 0 Å². The third-order valence-electron chi connectivity index (χ3n) is 3.99. The van der Waals surface area contributed by atoms with Crippen LogP contribution in [0.1, 0.15) is 25.7 Å². The maximum Gasteiger partial charge on any atom is 0.399 e. The van der Waals surface area contributed by atoms with Gasteiger partial charge in [0.25, 0.3) is 0 Å². The highest BCUT2D eigenvalue weighted by atomic mass is 32.1. The van der Waals surface area contributed by atoms with Crippen molar-refractivity contribution in [3.8, 4) is 0 Å². The van der Waals surface area contributed by atoms with E-state index in [9.17, 15) is 18.3 Å². The van der Waals surface area contributed by atoms with Gasteiger partial charge in [-0.1, -0.05) is 12.2 Å².